The van der Waals surface area contributed by atoms with Crippen LogP contribution in [0.15, 0.2) is 0 Å². The summed E-state index contributed by atoms with van der Waals surface area (Å²) in [5, 5.41) is 0. The molecule has 1 fully saturated rings. The van der Waals surface area contributed by atoms with Crippen LogP contribution in [0.4, 0.5) is 0 Å². The zero-order valence-electron chi connectivity index (χ0n) is 9.90. The van der Waals surface area contributed by atoms with E-state index in [0.717, 1.165) is 11.8 Å². The molecule has 0 spiro atoms. The molecule has 0 N–H and O–H groups in total. The maximum Gasteiger partial charge on any atom is -0.0354 e. The molecule has 0 unspecified atom stereocenters. The standard InChI is InChI=1S/C13H26/c1-5-7-11-8-12(9-11)10-13(3,4)6-2/h11-12H,5-10H2,1-4H3. The summed E-state index contributed by atoms with van der Waals surface area (Å²) in [6.45, 7) is 9.46. The van der Waals surface area contributed by atoms with Gasteiger partial charge in [-0.05, 0) is 36.5 Å². The van der Waals surface area contributed by atoms with Gasteiger partial charge in [-0.15, -0.1) is 0 Å². The van der Waals surface area contributed by atoms with E-state index in [4.69, 9.17) is 0 Å². The molecule has 0 aliphatic heterocycles. The second-order valence-electron chi connectivity index (χ2n) is 5.71. The Labute approximate surface area is 84.1 Å². The SMILES string of the molecule is CCCC1CC(CC(C)(C)CC)C1. The Balaban J connectivity index is 2.14. The Kier molecular flexibility index (Phi) is 3.82. The Bertz CT molecular complexity index is 140. The van der Waals surface area contributed by atoms with Crippen molar-refractivity contribution in [3.8, 4) is 0 Å². The van der Waals surface area contributed by atoms with Crippen molar-refractivity contribution in [3.05, 3.63) is 0 Å². The van der Waals surface area contributed by atoms with E-state index >= 15 is 0 Å². The highest BCUT2D eigenvalue weighted by atomic mass is 14.4. The fraction of sp³-hybridized carbons (Fsp3) is 1.00. The predicted octanol–water partition coefficient (Wildman–Crippen LogP) is 4.64. The fourth-order valence-electron chi connectivity index (χ4n) is 2.61. The second-order valence-corrected chi connectivity index (χ2v) is 5.71. The van der Waals surface area contributed by atoms with Crippen molar-refractivity contribution in [1.29, 1.82) is 0 Å². The van der Waals surface area contributed by atoms with Gasteiger partial charge in [0.1, 0.15) is 0 Å². The van der Waals surface area contributed by atoms with E-state index in [1.165, 1.54) is 38.5 Å². The zero-order chi connectivity index (χ0) is 9.90. The summed E-state index contributed by atoms with van der Waals surface area (Å²) in [5.41, 5.74) is 0.599. The summed E-state index contributed by atoms with van der Waals surface area (Å²) in [7, 11) is 0. The lowest BCUT2D eigenvalue weighted by atomic mass is 9.66. The zero-order valence-corrected chi connectivity index (χ0v) is 9.90. The van der Waals surface area contributed by atoms with Crippen LogP contribution < -0.4 is 0 Å². The van der Waals surface area contributed by atoms with Gasteiger partial charge in [0.05, 0.1) is 0 Å². The lowest BCUT2D eigenvalue weighted by molar-refractivity contribution is 0.118. The molecule has 1 rings (SSSR count). The van der Waals surface area contributed by atoms with Crippen molar-refractivity contribution in [1.82, 2.24) is 0 Å². The molecule has 0 saturated heterocycles. The van der Waals surface area contributed by atoms with Crippen molar-refractivity contribution >= 4 is 0 Å². The molecule has 13 heavy (non-hydrogen) atoms. The number of rotatable bonds is 5. The Morgan fingerprint density at radius 3 is 2.15 bits per heavy atom. The van der Waals surface area contributed by atoms with Crippen LogP contribution in [0.25, 0.3) is 0 Å². The minimum absolute atomic E-state index is 0.599. The van der Waals surface area contributed by atoms with Crippen molar-refractivity contribution in [3.63, 3.8) is 0 Å². The minimum Gasteiger partial charge on any atom is -0.0654 e. The van der Waals surface area contributed by atoms with Crippen molar-refractivity contribution in [2.45, 2.75) is 66.2 Å². The fourth-order valence-corrected chi connectivity index (χ4v) is 2.61. The third-order valence-electron chi connectivity index (χ3n) is 3.83. The average Bonchev–Trinajstić information content (AvgIpc) is 2.01. The van der Waals surface area contributed by atoms with Gasteiger partial charge in [-0.2, -0.15) is 0 Å². The average molecular weight is 182 g/mol. The van der Waals surface area contributed by atoms with Crippen molar-refractivity contribution < 1.29 is 0 Å². The lowest BCUT2D eigenvalue weighted by Crippen LogP contribution is -2.28. The van der Waals surface area contributed by atoms with E-state index in [9.17, 15) is 0 Å². The first-order chi connectivity index (χ1) is 6.07. The van der Waals surface area contributed by atoms with Crippen LogP contribution in [-0.4, -0.2) is 0 Å². The quantitative estimate of drug-likeness (QED) is 0.581. The van der Waals surface area contributed by atoms with Gasteiger partial charge in [-0.25, -0.2) is 0 Å². The topological polar surface area (TPSA) is 0 Å². The summed E-state index contributed by atoms with van der Waals surface area (Å²) in [4.78, 5) is 0. The smallest absolute Gasteiger partial charge is 0.0354 e. The van der Waals surface area contributed by atoms with Gasteiger partial charge in [0.2, 0.25) is 0 Å². The van der Waals surface area contributed by atoms with Crippen LogP contribution in [0, 0.1) is 17.3 Å². The van der Waals surface area contributed by atoms with Gasteiger partial charge in [-0.3, -0.25) is 0 Å². The van der Waals surface area contributed by atoms with E-state index in [2.05, 4.69) is 27.7 Å². The van der Waals surface area contributed by atoms with E-state index < -0.39 is 0 Å². The van der Waals surface area contributed by atoms with Crippen LogP contribution in [0.3, 0.4) is 0 Å². The molecule has 0 aromatic heterocycles. The first-order valence-corrected chi connectivity index (χ1v) is 6.07. The van der Waals surface area contributed by atoms with Crippen LogP contribution >= 0.6 is 0 Å². The minimum atomic E-state index is 0.599. The molecule has 0 radical (unpaired) electrons. The molecule has 0 aromatic rings. The highest BCUT2D eigenvalue weighted by Crippen LogP contribution is 2.44. The molecule has 1 aliphatic carbocycles. The van der Waals surface area contributed by atoms with E-state index in [1.807, 2.05) is 0 Å². The van der Waals surface area contributed by atoms with Gasteiger partial charge in [0.25, 0.3) is 0 Å². The van der Waals surface area contributed by atoms with E-state index in [1.54, 1.807) is 0 Å². The molecule has 0 bridgehead atoms. The second kappa shape index (κ2) is 4.48. The molecule has 0 heterocycles. The summed E-state index contributed by atoms with van der Waals surface area (Å²) in [5.74, 6) is 2.15. The Morgan fingerprint density at radius 1 is 1.08 bits per heavy atom. The third-order valence-corrected chi connectivity index (χ3v) is 3.83. The van der Waals surface area contributed by atoms with Crippen LogP contribution in [0.5, 0.6) is 0 Å². The monoisotopic (exact) mass is 182 g/mol. The van der Waals surface area contributed by atoms with Gasteiger partial charge < -0.3 is 0 Å². The highest BCUT2D eigenvalue weighted by Gasteiger charge is 2.32. The van der Waals surface area contributed by atoms with Gasteiger partial charge in [0.15, 0.2) is 0 Å². The number of hydrogen-bond donors (Lipinski definition) is 0. The molecule has 1 saturated carbocycles. The summed E-state index contributed by atoms with van der Waals surface area (Å²) < 4.78 is 0. The van der Waals surface area contributed by atoms with Gasteiger partial charge in [0, 0.05) is 0 Å². The largest absolute Gasteiger partial charge is 0.0654 e. The van der Waals surface area contributed by atoms with Crippen LogP contribution in [-0.2, 0) is 0 Å². The normalized spacial score (nSPS) is 28.6. The summed E-state index contributed by atoms with van der Waals surface area (Å²) in [6, 6.07) is 0. The summed E-state index contributed by atoms with van der Waals surface area (Å²) in [6.07, 6.45) is 8.71. The van der Waals surface area contributed by atoms with Crippen LogP contribution in [0.2, 0.25) is 0 Å². The molecule has 0 aromatic carbocycles. The molecule has 0 amide bonds. The molecule has 0 heteroatoms. The third kappa shape index (κ3) is 3.32. The molecule has 1 aliphatic rings. The van der Waals surface area contributed by atoms with Crippen molar-refractivity contribution in [2.75, 3.05) is 0 Å². The molecular formula is C13H26. The summed E-state index contributed by atoms with van der Waals surface area (Å²) >= 11 is 0. The first-order valence-electron chi connectivity index (χ1n) is 6.07. The highest BCUT2D eigenvalue weighted by molar-refractivity contribution is 4.83. The lowest BCUT2D eigenvalue weighted by Gasteiger charge is -2.40. The number of hydrogen-bond acceptors (Lipinski definition) is 0. The van der Waals surface area contributed by atoms with E-state index in [-0.39, 0.29) is 0 Å². The predicted molar refractivity (Wildman–Crippen MR) is 59.8 cm³/mol. The van der Waals surface area contributed by atoms with E-state index in [0.29, 0.717) is 5.41 Å². The molecular weight excluding hydrogens is 156 g/mol. The maximum atomic E-state index is 2.42. The molecule has 0 nitrogen and oxygen atoms in total. The maximum absolute atomic E-state index is 2.42. The Morgan fingerprint density at radius 2 is 1.69 bits per heavy atom. The molecule has 0 atom stereocenters. The van der Waals surface area contributed by atoms with Gasteiger partial charge >= 0.3 is 0 Å². The van der Waals surface area contributed by atoms with Crippen LogP contribution in [0.1, 0.15) is 66.2 Å². The molecule has 78 valence electrons. The van der Waals surface area contributed by atoms with Crippen molar-refractivity contribution in [2.24, 2.45) is 17.3 Å². The van der Waals surface area contributed by atoms with Gasteiger partial charge in [-0.1, -0.05) is 47.0 Å². The Hall–Kier alpha value is 0. The first kappa shape index (κ1) is 11.1.